The van der Waals surface area contributed by atoms with Gasteiger partial charge in [0.05, 0.1) is 19.3 Å². The summed E-state index contributed by atoms with van der Waals surface area (Å²) < 4.78 is 7.02. The first-order valence-corrected chi connectivity index (χ1v) is 7.23. The van der Waals surface area contributed by atoms with Gasteiger partial charge in [-0.1, -0.05) is 6.07 Å². The molecule has 2 N–H and O–H groups in total. The van der Waals surface area contributed by atoms with Crippen molar-refractivity contribution < 1.29 is 4.74 Å². The van der Waals surface area contributed by atoms with Gasteiger partial charge in [0.25, 0.3) is 0 Å². The average Bonchev–Trinajstić information content (AvgIpc) is 3.08. The fourth-order valence-electron chi connectivity index (χ4n) is 1.95. The third kappa shape index (κ3) is 5.08. The van der Waals surface area contributed by atoms with E-state index in [-0.39, 0.29) is 0 Å². The highest BCUT2D eigenvalue weighted by atomic mass is 16.5. The summed E-state index contributed by atoms with van der Waals surface area (Å²) in [5.74, 6) is 1.37. The molecule has 0 radical (unpaired) electrons. The molecule has 7 nitrogen and oxygen atoms in total. The fourth-order valence-corrected chi connectivity index (χ4v) is 1.95. The van der Waals surface area contributed by atoms with E-state index in [1.165, 1.54) is 0 Å². The number of hydrogen-bond donors (Lipinski definition) is 2. The lowest BCUT2D eigenvalue weighted by Gasteiger charge is -2.12. The minimum Gasteiger partial charge on any atom is -0.481 e. The maximum absolute atomic E-state index is 5.11. The molecule has 2 aromatic heterocycles. The number of aryl methyl sites for hydroxylation is 1. The largest absolute Gasteiger partial charge is 0.481 e. The number of nitrogens with one attached hydrogen (secondary N) is 2. The van der Waals surface area contributed by atoms with Crippen molar-refractivity contribution in [2.75, 3.05) is 20.7 Å². The molecule has 0 aliphatic heterocycles. The Hall–Kier alpha value is -2.57. The zero-order valence-corrected chi connectivity index (χ0v) is 13.0. The summed E-state index contributed by atoms with van der Waals surface area (Å²) in [5, 5.41) is 10.7. The summed E-state index contributed by atoms with van der Waals surface area (Å²) in [5.41, 5.74) is 0.902. The van der Waals surface area contributed by atoms with Gasteiger partial charge in [0.15, 0.2) is 5.96 Å². The van der Waals surface area contributed by atoms with Crippen molar-refractivity contribution in [3.05, 3.63) is 42.4 Å². The Balaban J connectivity index is 1.70. The maximum Gasteiger partial charge on any atom is 0.213 e. The molecule has 0 unspecified atom stereocenters. The van der Waals surface area contributed by atoms with E-state index < -0.39 is 0 Å². The van der Waals surface area contributed by atoms with Crippen LogP contribution in [0.4, 0.5) is 0 Å². The van der Waals surface area contributed by atoms with Crippen molar-refractivity contribution in [1.29, 1.82) is 0 Å². The summed E-state index contributed by atoms with van der Waals surface area (Å²) in [6, 6.07) is 7.62. The minimum absolute atomic E-state index is 0.593. The van der Waals surface area contributed by atoms with Gasteiger partial charge in [-0.2, -0.15) is 5.10 Å². The Morgan fingerprint density at radius 1 is 1.32 bits per heavy atom. The number of guanidine groups is 1. The molecule has 0 aliphatic rings. The van der Waals surface area contributed by atoms with Crippen molar-refractivity contribution in [1.82, 2.24) is 25.4 Å². The van der Waals surface area contributed by atoms with Crippen LogP contribution in [0.5, 0.6) is 5.88 Å². The van der Waals surface area contributed by atoms with Crippen molar-refractivity contribution in [2.24, 2.45) is 4.99 Å². The van der Waals surface area contributed by atoms with E-state index >= 15 is 0 Å². The molecule has 0 saturated heterocycles. The second kappa shape index (κ2) is 8.66. The quantitative estimate of drug-likeness (QED) is 0.454. The molecule has 0 fully saturated rings. The first-order chi connectivity index (χ1) is 10.8. The van der Waals surface area contributed by atoms with Gasteiger partial charge in [0, 0.05) is 38.6 Å². The van der Waals surface area contributed by atoms with E-state index in [4.69, 9.17) is 4.74 Å². The van der Waals surface area contributed by atoms with Crippen molar-refractivity contribution >= 4 is 5.96 Å². The number of aliphatic imine (C=N–C) groups is 1. The van der Waals surface area contributed by atoms with E-state index in [1.54, 1.807) is 20.4 Å². The van der Waals surface area contributed by atoms with Crippen LogP contribution in [0.3, 0.4) is 0 Å². The Bertz CT molecular complexity index is 581. The van der Waals surface area contributed by atoms with Crippen LogP contribution in [0.15, 0.2) is 41.7 Å². The summed E-state index contributed by atoms with van der Waals surface area (Å²) in [7, 11) is 3.36. The third-order valence-electron chi connectivity index (χ3n) is 3.07. The number of rotatable bonds is 7. The van der Waals surface area contributed by atoms with E-state index in [0.29, 0.717) is 12.4 Å². The molecule has 0 aromatic carbocycles. The maximum atomic E-state index is 5.11. The number of aromatic nitrogens is 3. The molecule has 0 bridgehead atoms. The van der Waals surface area contributed by atoms with Crippen LogP contribution in [-0.4, -0.2) is 41.4 Å². The van der Waals surface area contributed by atoms with E-state index in [9.17, 15) is 0 Å². The molecule has 2 aromatic rings. The number of ether oxygens (including phenoxy) is 1. The van der Waals surface area contributed by atoms with Gasteiger partial charge < -0.3 is 15.4 Å². The zero-order chi connectivity index (χ0) is 15.6. The first kappa shape index (κ1) is 15.8. The summed E-state index contributed by atoms with van der Waals surface area (Å²) >= 11 is 0. The normalized spacial score (nSPS) is 11.3. The highest BCUT2D eigenvalue weighted by Gasteiger charge is 2.00. The second-order valence-corrected chi connectivity index (χ2v) is 4.65. The van der Waals surface area contributed by atoms with Crippen molar-refractivity contribution in [3.63, 3.8) is 0 Å². The predicted octanol–water partition coefficient (Wildman–Crippen LogP) is 1.04. The Morgan fingerprint density at radius 3 is 2.95 bits per heavy atom. The van der Waals surface area contributed by atoms with Gasteiger partial charge in [-0.05, 0) is 18.6 Å². The molecule has 2 heterocycles. The minimum atomic E-state index is 0.593. The van der Waals surface area contributed by atoms with Crippen LogP contribution in [0.25, 0.3) is 0 Å². The van der Waals surface area contributed by atoms with Crippen LogP contribution in [0.1, 0.15) is 12.1 Å². The summed E-state index contributed by atoms with van der Waals surface area (Å²) in [4.78, 5) is 8.54. The van der Waals surface area contributed by atoms with Gasteiger partial charge in [0.2, 0.25) is 5.88 Å². The third-order valence-corrected chi connectivity index (χ3v) is 3.07. The van der Waals surface area contributed by atoms with Gasteiger partial charge in [-0.15, -0.1) is 0 Å². The number of nitrogens with zero attached hydrogens (tertiary/aromatic N) is 4. The molecule has 22 heavy (non-hydrogen) atoms. The highest BCUT2D eigenvalue weighted by molar-refractivity contribution is 5.79. The van der Waals surface area contributed by atoms with Crippen molar-refractivity contribution in [2.45, 2.75) is 19.5 Å². The van der Waals surface area contributed by atoms with E-state index in [2.05, 4.69) is 25.7 Å². The van der Waals surface area contributed by atoms with Crippen LogP contribution >= 0.6 is 0 Å². The average molecular weight is 302 g/mol. The Kier molecular flexibility index (Phi) is 6.22. The first-order valence-electron chi connectivity index (χ1n) is 7.23. The number of hydrogen-bond acceptors (Lipinski definition) is 4. The SMILES string of the molecule is CN=C(NCCCn1cccn1)NCc1cccc(OC)n1. The molecular weight excluding hydrogens is 280 g/mol. The van der Waals surface area contributed by atoms with Crippen LogP contribution in [0.2, 0.25) is 0 Å². The molecule has 2 rings (SSSR count). The summed E-state index contributed by atoms with van der Waals surface area (Å²) in [6.07, 6.45) is 4.72. The van der Waals surface area contributed by atoms with Crippen LogP contribution in [-0.2, 0) is 13.1 Å². The van der Waals surface area contributed by atoms with Gasteiger partial charge in [-0.3, -0.25) is 9.67 Å². The lowest BCUT2D eigenvalue weighted by molar-refractivity contribution is 0.396. The molecule has 0 atom stereocenters. The standard InChI is InChI=1S/C15H22N6O/c1-16-15(17-8-4-10-21-11-5-9-19-21)18-12-13-6-3-7-14(20-13)22-2/h3,5-7,9,11H,4,8,10,12H2,1-2H3,(H2,16,17,18). The molecular formula is C15H22N6O. The highest BCUT2D eigenvalue weighted by Crippen LogP contribution is 2.05. The fraction of sp³-hybridized carbons (Fsp3) is 0.400. The number of methoxy groups -OCH3 is 1. The molecule has 0 amide bonds. The summed E-state index contributed by atoms with van der Waals surface area (Å²) in [6.45, 7) is 2.30. The van der Waals surface area contributed by atoms with Crippen LogP contribution in [0, 0.1) is 0 Å². The molecule has 7 heteroatoms. The molecule has 0 aliphatic carbocycles. The van der Waals surface area contributed by atoms with E-state index in [1.807, 2.05) is 35.1 Å². The van der Waals surface area contributed by atoms with Gasteiger partial charge in [0.1, 0.15) is 0 Å². The zero-order valence-electron chi connectivity index (χ0n) is 13.0. The van der Waals surface area contributed by atoms with Gasteiger partial charge >= 0.3 is 0 Å². The lowest BCUT2D eigenvalue weighted by atomic mass is 10.3. The Morgan fingerprint density at radius 2 is 2.23 bits per heavy atom. The lowest BCUT2D eigenvalue weighted by Crippen LogP contribution is -2.37. The topological polar surface area (TPSA) is 76.4 Å². The monoisotopic (exact) mass is 302 g/mol. The number of pyridine rings is 1. The molecule has 118 valence electrons. The van der Waals surface area contributed by atoms with Gasteiger partial charge in [-0.25, -0.2) is 4.98 Å². The predicted molar refractivity (Wildman–Crippen MR) is 85.8 cm³/mol. The van der Waals surface area contributed by atoms with Crippen molar-refractivity contribution in [3.8, 4) is 5.88 Å². The second-order valence-electron chi connectivity index (χ2n) is 4.65. The van der Waals surface area contributed by atoms with Crippen LogP contribution < -0.4 is 15.4 Å². The Labute approximate surface area is 130 Å². The molecule has 0 spiro atoms. The van der Waals surface area contributed by atoms with E-state index in [0.717, 1.165) is 31.2 Å². The molecule has 0 saturated carbocycles. The smallest absolute Gasteiger partial charge is 0.213 e.